The molecule has 0 atom stereocenters. The Hall–Kier alpha value is -1.12. The Bertz CT molecular complexity index is 507. The van der Waals surface area contributed by atoms with Crippen molar-refractivity contribution < 1.29 is 4.43 Å². The van der Waals surface area contributed by atoms with E-state index in [0.29, 0.717) is 16.6 Å². The molecule has 0 saturated heterocycles. The molecule has 2 heteroatoms. The average Bonchev–Trinajstić information content (AvgIpc) is 2.56. The summed E-state index contributed by atoms with van der Waals surface area (Å²) in [5.74, 6) is 0. The minimum absolute atomic E-state index is 0.668. The number of allylic oxidation sites excluding steroid dienone is 3. The molecule has 0 amide bonds. The van der Waals surface area contributed by atoms with E-state index in [9.17, 15) is 0 Å². The third-order valence-corrected chi connectivity index (χ3v) is 11.4. The standard InChI is InChI=1S/C23H38OSi/c1-19(2)25(20(3)4,21(5)6)24-18-14-9-8-11-15-22(7)23-16-12-10-13-17-23/h10-13,15-17,19-21H,7-9,14,18H2,1-6H3/b15-11+. The van der Waals surface area contributed by atoms with Crippen molar-refractivity contribution in [2.45, 2.75) is 77.4 Å². The second-order valence-corrected chi connectivity index (χ2v) is 13.4. The van der Waals surface area contributed by atoms with Crippen LogP contribution in [0.25, 0.3) is 5.57 Å². The molecule has 0 radical (unpaired) electrons. The summed E-state index contributed by atoms with van der Waals surface area (Å²) in [6.07, 6.45) is 7.80. The Kier molecular flexibility index (Phi) is 9.45. The molecule has 1 aromatic carbocycles. The highest BCUT2D eigenvalue weighted by atomic mass is 28.4. The van der Waals surface area contributed by atoms with E-state index >= 15 is 0 Å². The Morgan fingerprint density at radius 1 is 0.960 bits per heavy atom. The van der Waals surface area contributed by atoms with Gasteiger partial charge in [-0.2, -0.15) is 0 Å². The van der Waals surface area contributed by atoms with Gasteiger partial charge in [-0.25, -0.2) is 0 Å². The van der Waals surface area contributed by atoms with E-state index in [1.807, 2.05) is 6.07 Å². The van der Waals surface area contributed by atoms with Crippen LogP contribution >= 0.6 is 0 Å². The van der Waals surface area contributed by atoms with Crippen LogP contribution in [-0.2, 0) is 4.43 Å². The predicted octanol–water partition coefficient (Wildman–Crippen LogP) is 7.62. The zero-order chi connectivity index (χ0) is 18.9. The molecule has 0 N–H and O–H groups in total. The van der Waals surface area contributed by atoms with Crippen LogP contribution in [0.3, 0.4) is 0 Å². The van der Waals surface area contributed by atoms with Gasteiger partial charge in [-0.3, -0.25) is 0 Å². The summed E-state index contributed by atoms with van der Waals surface area (Å²) in [6.45, 7) is 19.2. The van der Waals surface area contributed by atoms with Crippen molar-refractivity contribution in [3.8, 4) is 0 Å². The molecule has 0 heterocycles. The maximum absolute atomic E-state index is 6.61. The molecule has 25 heavy (non-hydrogen) atoms. The zero-order valence-corrected chi connectivity index (χ0v) is 18.2. The molecule has 1 nitrogen and oxygen atoms in total. The quantitative estimate of drug-likeness (QED) is 0.224. The van der Waals surface area contributed by atoms with Gasteiger partial charge < -0.3 is 4.43 Å². The van der Waals surface area contributed by atoms with Gasteiger partial charge in [0.05, 0.1) is 0 Å². The smallest absolute Gasteiger partial charge is 0.200 e. The van der Waals surface area contributed by atoms with Crippen molar-refractivity contribution in [3.63, 3.8) is 0 Å². The molecule has 1 aromatic rings. The SMILES string of the molecule is C=C(/C=C/CCCCO[Si](C(C)C)(C(C)C)C(C)C)c1ccccc1. The molecule has 0 bridgehead atoms. The van der Waals surface area contributed by atoms with Crippen molar-refractivity contribution in [1.29, 1.82) is 0 Å². The predicted molar refractivity (Wildman–Crippen MR) is 115 cm³/mol. The van der Waals surface area contributed by atoms with Crippen LogP contribution in [0.4, 0.5) is 0 Å². The summed E-state index contributed by atoms with van der Waals surface area (Å²) in [5.41, 5.74) is 4.29. The van der Waals surface area contributed by atoms with Crippen molar-refractivity contribution >= 4 is 13.9 Å². The van der Waals surface area contributed by atoms with E-state index < -0.39 is 8.32 Å². The number of rotatable bonds is 11. The van der Waals surface area contributed by atoms with Crippen LogP contribution in [0.5, 0.6) is 0 Å². The summed E-state index contributed by atoms with van der Waals surface area (Å²) >= 11 is 0. The Morgan fingerprint density at radius 2 is 1.52 bits per heavy atom. The highest BCUT2D eigenvalue weighted by Gasteiger charge is 2.44. The highest BCUT2D eigenvalue weighted by Crippen LogP contribution is 2.42. The van der Waals surface area contributed by atoms with E-state index in [4.69, 9.17) is 4.43 Å². The molecule has 0 aliphatic carbocycles. The second kappa shape index (κ2) is 10.8. The molecule has 0 aromatic heterocycles. The van der Waals surface area contributed by atoms with E-state index in [1.165, 1.54) is 12.0 Å². The molecule has 0 saturated carbocycles. The van der Waals surface area contributed by atoms with Crippen LogP contribution in [0.15, 0.2) is 49.1 Å². The average molecular weight is 359 g/mol. The van der Waals surface area contributed by atoms with Crippen LogP contribution in [0, 0.1) is 0 Å². The first-order valence-electron chi connectivity index (χ1n) is 9.87. The van der Waals surface area contributed by atoms with Gasteiger partial charge in [-0.1, -0.05) is 90.6 Å². The van der Waals surface area contributed by atoms with Gasteiger partial charge in [0.2, 0.25) is 0 Å². The third kappa shape index (κ3) is 6.27. The first-order chi connectivity index (χ1) is 11.8. The van der Waals surface area contributed by atoms with Crippen molar-refractivity contribution in [2.75, 3.05) is 6.61 Å². The largest absolute Gasteiger partial charge is 0.416 e. The first-order valence-corrected chi connectivity index (χ1v) is 12.0. The fourth-order valence-corrected chi connectivity index (χ4v) is 9.59. The molecule has 0 aliphatic rings. The van der Waals surface area contributed by atoms with Gasteiger partial charge in [0, 0.05) is 6.61 Å². The van der Waals surface area contributed by atoms with Crippen molar-refractivity contribution in [1.82, 2.24) is 0 Å². The monoisotopic (exact) mass is 358 g/mol. The lowest BCUT2D eigenvalue weighted by Crippen LogP contribution is -2.47. The Morgan fingerprint density at radius 3 is 2.04 bits per heavy atom. The lowest BCUT2D eigenvalue weighted by Gasteiger charge is -2.42. The van der Waals surface area contributed by atoms with Gasteiger partial charge in [0.15, 0.2) is 8.32 Å². The summed E-state index contributed by atoms with van der Waals surface area (Å²) in [5, 5.41) is 0. The van der Waals surface area contributed by atoms with Crippen LogP contribution in [0.2, 0.25) is 16.6 Å². The van der Waals surface area contributed by atoms with Gasteiger partial charge in [-0.05, 0) is 47.0 Å². The lowest BCUT2D eigenvalue weighted by atomic mass is 10.1. The molecule has 1 rings (SSSR count). The van der Waals surface area contributed by atoms with Gasteiger partial charge in [-0.15, -0.1) is 0 Å². The fourth-order valence-electron chi connectivity index (χ4n) is 4.09. The molecule has 0 aliphatic heterocycles. The number of hydrogen-bond acceptors (Lipinski definition) is 1. The molecular formula is C23H38OSi. The molecule has 140 valence electrons. The van der Waals surface area contributed by atoms with Crippen molar-refractivity contribution in [2.24, 2.45) is 0 Å². The molecule has 0 unspecified atom stereocenters. The summed E-state index contributed by atoms with van der Waals surface area (Å²) < 4.78 is 6.61. The van der Waals surface area contributed by atoms with Crippen LogP contribution in [-0.4, -0.2) is 14.9 Å². The van der Waals surface area contributed by atoms with Crippen molar-refractivity contribution in [3.05, 3.63) is 54.6 Å². The van der Waals surface area contributed by atoms with Gasteiger partial charge >= 0.3 is 0 Å². The topological polar surface area (TPSA) is 9.23 Å². The maximum atomic E-state index is 6.61. The van der Waals surface area contributed by atoms with Gasteiger partial charge in [0.25, 0.3) is 0 Å². The minimum atomic E-state index is -1.69. The normalized spacial score (nSPS) is 12.7. The number of hydrogen-bond donors (Lipinski definition) is 0. The number of benzene rings is 1. The molecule has 0 fully saturated rings. The summed E-state index contributed by atoms with van der Waals surface area (Å²) in [6, 6.07) is 10.4. The van der Waals surface area contributed by atoms with E-state index in [2.05, 4.69) is 84.5 Å². The Labute approximate surface area is 157 Å². The summed E-state index contributed by atoms with van der Waals surface area (Å²) in [7, 11) is -1.69. The Balaban J connectivity index is 2.38. The van der Waals surface area contributed by atoms with E-state index in [0.717, 1.165) is 25.0 Å². The van der Waals surface area contributed by atoms with Crippen LogP contribution < -0.4 is 0 Å². The lowest BCUT2D eigenvalue weighted by molar-refractivity contribution is 0.269. The molecular weight excluding hydrogens is 320 g/mol. The number of unbranched alkanes of at least 4 members (excludes halogenated alkanes) is 2. The van der Waals surface area contributed by atoms with Crippen LogP contribution in [0.1, 0.15) is 66.4 Å². The van der Waals surface area contributed by atoms with E-state index in [1.54, 1.807) is 0 Å². The first kappa shape index (κ1) is 21.9. The zero-order valence-electron chi connectivity index (χ0n) is 17.2. The van der Waals surface area contributed by atoms with E-state index in [-0.39, 0.29) is 0 Å². The maximum Gasteiger partial charge on any atom is 0.200 e. The highest BCUT2D eigenvalue weighted by molar-refractivity contribution is 6.77. The summed E-state index contributed by atoms with van der Waals surface area (Å²) in [4.78, 5) is 0. The third-order valence-electron chi connectivity index (χ3n) is 5.29. The molecule has 0 spiro atoms. The van der Waals surface area contributed by atoms with Gasteiger partial charge in [0.1, 0.15) is 0 Å². The minimum Gasteiger partial charge on any atom is -0.416 e. The second-order valence-electron chi connectivity index (χ2n) is 7.96. The fraction of sp³-hybridized carbons (Fsp3) is 0.565.